The quantitative estimate of drug-likeness (QED) is 0.927. The first-order valence-corrected chi connectivity index (χ1v) is 8.75. The molecule has 0 unspecified atom stereocenters. The summed E-state index contributed by atoms with van der Waals surface area (Å²) in [6, 6.07) is 8.29. The second kappa shape index (κ2) is 6.15. The van der Waals surface area contributed by atoms with Crippen LogP contribution in [-0.2, 0) is 0 Å². The first kappa shape index (κ1) is 16.1. The van der Waals surface area contributed by atoms with Gasteiger partial charge in [-0.3, -0.25) is 4.90 Å². The van der Waals surface area contributed by atoms with E-state index in [2.05, 4.69) is 22.1 Å². The summed E-state index contributed by atoms with van der Waals surface area (Å²) in [6.07, 6.45) is 4.25. The number of amides is 2. The van der Waals surface area contributed by atoms with Crippen molar-refractivity contribution in [3.05, 3.63) is 30.1 Å². The Kier molecular flexibility index (Phi) is 3.95. The van der Waals surface area contributed by atoms with Crippen molar-refractivity contribution in [3.63, 3.8) is 0 Å². The highest BCUT2D eigenvalue weighted by atomic mass is 16.5. The Bertz CT molecular complexity index is 775. The Morgan fingerprint density at radius 1 is 1.28 bits per heavy atom. The number of primary amides is 1. The molecule has 2 fully saturated rings. The molecule has 2 aliphatic rings. The van der Waals surface area contributed by atoms with Crippen molar-refractivity contribution in [2.75, 3.05) is 11.9 Å². The number of anilines is 1. The van der Waals surface area contributed by atoms with E-state index in [9.17, 15) is 4.79 Å². The van der Waals surface area contributed by atoms with Crippen LogP contribution < -0.4 is 10.6 Å². The Labute approximate surface area is 146 Å². The van der Waals surface area contributed by atoms with Gasteiger partial charge in [0.05, 0.1) is 11.3 Å². The number of carbonyl (C=O) groups excluding carboxylic acids is 1. The molecule has 0 saturated carbocycles. The SMILES string of the molecule is Cc1noc(-c2ccccc2N(C(N)=O)[C@H]2C[C@H]3CC[C@@H](C2)N3C)n1. The zero-order valence-corrected chi connectivity index (χ0v) is 14.6. The van der Waals surface area contributed by atoms with Gasteiger partial charge >= 0.3 is 6.03 Å². The van der Waals surface area contributed by atoms with Crippen molar-refractivity contribution in [2.24, 2.45) is 5.73 Å². The van der Waals surface area contributed by atoms with E-state index in [1.165, 1.54) is 12.8 Å². The zero-order valence-electron chi connectivity index (χ0n) is 14.6. The molecule has 7 nitrogen and oxygen atoms in total. The molecule has 0 spiro atoms. The van der Waals surface area contributed by atoms with Crippen LogP contribution in [0.4, 0.5) is 10.5 Å². The van der Waals surface area contributed by atoms with E-state index >= 15 is 0 Å². The first-order chi connectivity index (χ1) is 12.0. The van der Waals surface area contributed by atoms with Crippen LogP contribution in [-0.4, -0.2) is 46.2 Å². The molecule has 25 heavy (non-hydrogen) atoms. The Morgan fingerprint density at radius 2 is 1.96 bits per heavy atom. The second-order valence-electron chi connectivity index (χ2n) is 7.05. The van der Waals surface area contributed by atoms with E-state index in [-0.39, 0.29) is 6.04 Å². The maximum Gasteiger partial charge on any atom is 0.319 e. The molecule has 0 aliphatic carbocycles. The molecule has 3 atom stereocenters. The van der Waals surface area contributed by atoms with Gasteiger partial charge in [-0.2, -0.15) is 4.98 Å². The van der Waals surface area contributed by atoms with E-state index in [0.29, 0.717) is 23.8 Å². The molecule has 2 N–H and O–H groups in total. The molecule has 2 aromatic rings. The van der Waals surface area contributed by atoms with Gasteiger partial charge in [0.2, 0.25) is 0 Å². The van der Waals surface area contributed by atoms with Gasteiger partial charge in [-0.25, -0.2) is 4.79 Å². The van der Waals surface area contributed by atoms with Gasteiger partial charge in [0, 0.05) is 18.1 Å². The van der Waals surface area contributed by atoms with Crippen molar-refractivity contribution < 1.29 is 9.32 Å². The van der Waals surface area contributed by atoms with Gasteiger partial charge in [-0.1, -0.05) is 17.3 Å². The van der Waals surface area contributed by atoms with Gasteiger partial charge in [0.1, 0.15) is 0 Å². The minimum absolute atomic E-state index is 0.0939. The number of fused-ring (bicyclic) bond motifs is 2. The molecule has 2 amide bonds. The van der Waals surface area contributed by atoms with E-state index in [1.807, 2.05) is 24.3 Å². The number of urea groups is 1. The largest absolute Gasteiger partial charge is 0.351 e. The highest BCUT2D eigenvalue weighted by molar-refractivity contribution is 5.95. The van der Waals surface area contributed by atoms with Crippen molar-refractivity contribution in [1.82, 2.24) is 15.0 Å². The Balaban J connectivity index is 1.72. The number of rotatable bonds is 3. The van der Waals surface area contributed by atoms with E-state index < -0.39 is 6.03 Å². The monoisotopic (exact) mass is 341 g/mol. The number of aromatic nitrogens is 2. The van der Waals surface area contributed by atoms with Crippen LogP contribution >= 0.6 is 0 Å². The molecule has 0 radical (unpaired) electrons. The lowest BCUT2D eigenvalue weighted by Crippen LogP contribution is -2.52. The van der Waals surface area contributed by atoms with E-state index in [0.717, 1.165) is 24.1 Å². The highest BCUT2D eigenvalue weighted by Gasteiger charge is 2.42. The summed E-state index contributed by atoms with van der Waals surface area (Å²) in [5, 5.41) is 3.87. The average molecular weight is 341 g/mol. The molecule has 4 rings (SSSR count). The summed E-state index contributed by atoms with van der Waals surface area (Å²) in [6.45, 7) is 1.77. The van der Waals surface area contributed by atoms with Crippen LogP contribution in [0.1, 0.15) is 31.5 Å². The standard InChI is InChI=1S/C18H23N5O2/c1-11-20-17(25-21-11)15-5-3-4-6-16(15)23(18(19)24)14-9-12-7-8-13(10-14)22(12)2/h3-6,12-14H,7-10H2,1-2H3,(H2,19,24)/t12-,13+,14+. The van der Waals surface area contributed by atoms with Crippen LogP contribution in [0.5, 0.6) is 0 Å². The summed E-state index contributed by atoms with van der Waals surface area (Å²) in [5.41, 5.74) is 7.29. The lowest BCUT2D eigenvalue weighted by Gasteiger charge is -2.41. The molecular weight excluding hydrogens is 318 g/mol. The molecule has 2 aliphatic heterocycles. The van der Waals surface area contributed by atoms with Crippen LogP contribution in [0.25, 0.3) is 11.5 Å². The fourth-order valence-corrected chi connectivity index (χ4v) is 4.36. The molecule has 132 valence electrons. The number of hydrogen-bond acceptors (Lipinski definition) is 5. The average Bonchev–Trinajstić information content (AvgIpc) is 3.08. The van der Waals surface area contributed by atoms with Gasteiger partial charge in [-0.05, 0) is 51.8 Å². The maximum atomic E-state index is 12.4. The molecule has 7 heteroatoms. The van der Waals surface area contributed by atoms with Gasteiger partial charge in [-0.15, -0.1) is 0 Å². The maximum absolute atomic E-state index is 12.4. The molecule has 3 heterocycles. The number of nitrogens with two attached hydrogens (primary N) is 1. The summed E-state index contributed by atoms with van der Waals surface area (Å²) in [5.74, 6) is 0.975. The lowest BCUT2D eigenvalue weighted by atomic mass is 9.95. The predicted octanol–water partition coefficient (Wildman–Crippen LogP) is 2.56. The number of aryl methyl sites for hydroxylation is 1. The first-order valence-electron chi connectivity index (χ1n) is 8.75. The molecule has 1 aromatic heterocycles. The molecular formula is C18H23N5O2. The van der Waals surface area contributed by atoms with Crippen LogP contribution in [0.3, 0.4) is 0 Å². The topological polar surface area (TPSA) is 88.5 Å². The van der Waals surface area contributed by atoms with Crippen molar-refractivity contribution >= 4 is 11.7 Å². The Hall–Kier alpha value is -2.41. The Morgan fingerprint density at radius 3 is 2.56 bits per heavy atom. The van der Waals surface area contributed by atoms with E-state index in [4.69, 9.17) is 10.3 Å². The summed E-state index contributed by atoms with van der Waals surface area (Å²) in [7, 11) is 2.18. The zero-order chi connectivity index (χ0) is 17.6. The molecule has 2 saturated heterocycles. The highest BCUT2D eigenvalue weighted by Crippen LogP contribution is 2.39. The fourth-order valence-electron chi connectivity index (χ4n) is 4.36. The number of carbonyl (C=O) groups is 1. The fraction of sp³-hybridized carbons (Fsp3) is 0.500. The smallest absolute Gasteiger partial charge is 0.319 e. The molecule has 2 bridgehead atoms. The molecule has 1 aromatic carbocycles. The van der Waals surface area contributed by atoms with Crippen molar-refractivity contribution in [2.45, 2.75) is 50.7 Å². The third-order valence-electron chi connectivity index (χ3n) is 5.60. The lowest BCUT2D eigenvalue weighted by molar-refractivity contribution is 0.160. The van der Waals surface area contributed by atoms with Gasteiger partial charge in [0.15, 0.2) is 5.82 Å². The van der Waals surface area contributed by atoms with Crippen molar-refractivity contribution in [1.29, 1.82) is 0 Å². The number of hydrogen-bond donors (Lipinski definition) is 1. The second-order valence-corrected chi connectivity index (χ2v) is 7.05. The van der Waals surface area contributed by atoms with Gasteiger partial charge < -0.3 is 15.2 Å². The summed E-state index contributed by atoms with van der Waals surface area (Å²) < 4.78 is 5.33. The summed E-state index contributed by atoms with van der Waals surface area (Å²) in [4.78, 5) is 20.9. The number of para-hydroxylation sites is 1. The third kappa shape index (κ3) is 2.78. The minimum atomic E-state index is -0.433. The number of nitrogens with zero attached hydrogens (tertiary/aromatic N) is 4. The summed E-state index contributed by atoms with van der Waals surface area (Å²) >= 11 is 0. The van der Waals surface area contributed by atoms with Crippen LogP contribution in [0, 0.1) is 6.92 Å². The number of benzene rings is 1. The third-order valence-corrected chi connectivity index (χ3v) is 5.60. The minimum Gasteiger partial charge on any atom is -0.351 e. The van der Waals surface area contributed by atoms with Gasteiger partial charge in [0.25, 0.3) is 5.89 Å². The van der Waals surface area contributed by atoms with Crippen molar-refractivity contribution in [3.8, 4) is 11.5 Å². The predicted molar refractivity (Wildman–Crippen MR) is 94.1 cm³/mol. The van der Waals surface area contributed by atoms with E-state index in [1.54, 1.807) is 11.8 Å². The normalized spacial score (nSPS) is 25.9. The number of piperidine rings is 1. The van der Waals surface area contributed by atoms with Crippen LogP contribution in [0.15, 0.2) is 28.8 Å². The van der Waals surface area contributed by atoms with Crippen LogP contribution in [0.2, 0.25) is 0 Å².